The molecule has 0 saturated carbocycles. The Hall–Kier alpha value is -1.39. The van der Waals surface area contributed by atoms with Gasteiger partial charge in [-0.1, -0.05) is 30.3 Å². The average molecular weight is 220 g/mol. The second kappa shape index (κ2) is 5.09. The van der Waals surface area contributed by atoms with Crippen molar-refractivity contribution in [1.29, 1.82) is 0 Å². The number of carbonyl (C=O) groups is 1. The van der Waals surface area contributed by atoms with Crippen LogP contribution in [0.25, 0.3) is 0 Å². The molecule has 0 radical (unpaired) electrons. The number of nitrogens with zero attached hydrogens (tertiary/aromatic N) is 1. The zero-order valence-corrected chi connectivity index (χ0v) is 9.13. The fourth-order valence-corrected chi connectivity index (χ4v) is 1.76. The summed E-state index contributed by atoms with van der Waals surface area (Å²) in [4.78, 5) is 17.0. The molecule has 1 aromatic carbocycles. The third-order valence-corrected chi connectivity index (χ3v) is 2.61. The van der Waals surface area contributed by atoms with E-state index in [-0.39, 0.29) is 5.91 Å². The molecule has 2 rings (SSSR count). The highest BCUT2D eigenvalue weighted by Gasteiger charge is 2.24. The van der Waals surface area contributed by atoms with Crippen LogP contribution in [0.2, 0.25) is 0 Å². The number of hydroxylamine groups is 2. The van der Waals surface area contributed by atoms with E-state index in [2.05, 4.69) is 0 Å². The Morgan fingerprint density at radius 2 is 2.19 bits per heavy atom. The van der Waals surface area contributed by atoms with Gasteiger partial charge < -0.3 is 5.73 Å². The first-order valence-electron chi connectivity index (χ1n) is 5.51. The predicted molar refractivity (Wildman–Crippen MR) is 60.4 cm³/mol. The first-order chi connectivity index (χ1) is 7.77. The molecular formula is C12H16N2O2. The van der Waals surface area contributed by atoms with Crippen LogP contribution in [0.4, 0.5) is 0 Å². The lowest BCUT2D eigenvalue weighted by Crippen LogP contribution is -2.43. The van der Waals surface area contributed by atoms with Crippen LogP contribution in [-0.4, -0.2) is 30.2 Å². The van der Waals surface area contributed by atoms with E-state index in [4.69, 9.17) is 10.6 Å². The van der Waals surface area contributed by atoms with Crippen LogP contribution in [0.3, 0.4) is 0 Å². The molecule has 16 heavy (non-hydrogen) atoms. The van der Waals surface area contributed by atoms with Crippen LogP contribution in [0, 0.1) is 0 Å². The van der Waals surface area contributed by atoms with Crippen molar-refractivity contribution in [1.82, 2.24) is 5.06 Å². The molecular weight excluding hydrogens is 204 g/mol. The van der Waals surface area contributed by atoms with E-state index in [0.29, 0.717) is 19.6 Å². The molecule has 1 amide bonds. The lowest BCUT2D eigenvalue weighted by Gasteiger charge is -2.18. The Labute approximate surface area is 94.9 Å². The molecule has 0 spiro atoms. The minimum absolute atomic E-state index is 0.124. The van der Waals surface area contributed by atoms with Gasteiger partial charge in [-0.25, -0.2) is 5.06 Å². The lowest BCUT2D eigenvalue weighted by molar-refractivity contribution is -0.170. The maximum Gasteiger partial charge on any atom is 0.263 e. The van der Waals surface area contributed by atoms with Gasteiger partial charge in [0.2, 0.25) is 0 Å². The molecule has 0 bridgehead atoms. The van der Waals surface area contributed by atoms with Crippen LogP contribution in [-0.2, 0) is 16.1 Å². The second-order valence-corrected chi connectivity index (χ2v) is 3.92. The van der Waals surface area contributed by atoms with Gasteiger partial charge in [0.05, 0.1) is 19.2 Å². The molecule has 0 aromatic heterocycles. The first kappa shape index (κ1) is 11.1. The van der Waals surface area contributed by atoms with E-state index < -0.39 is 6.04 Å². The highest BCUT2D eigenvalue weighted by atomic mass is 16.7. The molecule has 1 aromatic rings. The van der Waals surface area contributed by atoms with E-state index in [9.17, 15) is 4.79 Å². The Balaban J connectivity index is 1.92. The SMILES string of the molecule is NC(Cc1ccccc1)C(=O)N1CCCO1. The van der Waals surface area contributed by atoms with Crippen molar-refractivity contribution >= 4 is 5.91 Å². The molecule has 4 nitrogen and oxygen atoms in total. The van der Waals surface area contributed by atoms with Crippen LogP contribution in [0.15, 0.2) is 30.3 Å². The molecule has 86 valence electrons. The number of carbonyl (C=O) groups excluding carboxylic acids is 1. The number of hydrogen-bond donors (Lipinski definition) is 1. The quantitative estimate of drug-likeness (QED) is 0.816. The van der Waals surface area contributed by atoms with Gasteiger partial charge in [0.15, 0.2) is 0 Å². The highest BCUT2D eigenvalue weighted by molar-refractivity contribution is 5.81. The first-order valence-corrected chi connectivity index (χ1v) is 5.51. The van der Waals surface area contributed by atoms with Gasteiger partial charge in [-0.15, -0.1) is 0 Å². The van der Waals surface area contributed by atoms with Gasteiger partial charge in [-0.2, -0.15) is 0 Å². The highest BCUT2D eigenvalue weighted by Crippen LogP contribution is 2.09. The fourth-order valence-electron chi connectivity index (χ4n) is 1.76. The van der Waals surface area contributed by atoms with Crippen LogP contribution >= 0.6 is 0 Å². The Kier molecular flexibility index (Phi) is 3.54. The minimum atomic E-state index is -0.513. The van der Waals surface area contributed by atoms with Crippen molar-refractivity contribution in [3.8, 4) is 0 Å². The van der Waals surface area contributed by atoms with E-state index >= 15 is 0 Å². The number of amides is 1. The van der Waals surface area contributed by atoms with Crippen molar-refractivity contribution in [2.75, 3.05) is 13.2 Å². The predicted octanol–water partition coefficient (Wildman–Crippen LogP) is 0.720. The standard InChI is InChI=1S/C12H16N2O2/c13-11(9-10-5-2-1-3-6-10)12(15)14-7-4-8-16-14/h1-3,5-6,11H,4,7-9,13H2. The van der Waals surface area contributed by atoms with Gasteiger partial charge in [0, 0.05) is 0 Å². The molecule has 4 heteroatoms. The van der Waals surface area contributed by atoms with Gasteiger partial charge in [0.1, 0.15) is 0 Å². The third-order valence-electron chi connectivity index (χ3n) is 2.61. The molecule has 1 aliphatic rings. The number of hydrogen-bond acceptors (Lipinski definition) is 3. The second-order valence-electron chi connectivity index (χ2n) is 3.92. The number of rotatable bonds is 3. The molecule has 0 aliphatic carbocycles. The van der Waals surface area contributed by atoms with Crippen LogP contribution in [0.5, 0.6) is 0 Å². The maximum absolute atomic E-state index is 11.8. The summed E-state index contributed by atoms with van der Waals surface area (Å²) in [5.74, 6) is -0.124. The Morgan fingerprint density at radius 3 is 2.81 bits per heavy atom. The van der Waals surface area contributed by atoms with Gasteiger partial charge >= 0.3 is 0 Å². The summed E-state index contributed by atoms with van der Waals surface area (Å²) in [6, 6.07) is 9.26. The molecule has 1 unspecified atom stereocenters. The van der Waals surface area contributed by atoms with Crippen molar-refractivity contribution in [3.05, 3.63) is 35.9 Å². The summed E-state index contributed by atoms with van der Waals surface area (Å²) in [7, 11) is 0. The summed E-state index contributed by atoms with van der Waals surface area (Å²) in [6.07, 6.45) is 1.45. The molecule has 2 N–H and O–H groups in total. The average Bonchev–Trinajstić information content (AvgIpc) is 2.83. The van der Waals surface area contributed by atoms with Crippen molar-refractivity contribution in [3.63, 3.8) is 0 Å². The summed E-state index contributed by atoms with van der Waals surface area (Å²) in [6.45, 7) is 1.27. The smallest absolute Gasteiger partial charge is 0.263 e. The number of benzene rings is 1. The van der Waals surface area contributed by atoms with E-state index in [1.165, 1.54) is 5.06 Å². The molecule has 1 atom stereocenters. The van der Waals surface area contributed by atoms with Gasteiger partial charge in [-0.3, -0.25) is 9.63 Å². The third kappa shape index (κ3) is 2.59. The van der Waals surface area contributed by atoms with Gasteiger partial charge in [-0.05, 0) is 18.4 Å². The summed E-state index contributed by atoms with van der Waals surface area (Å²) in [5.41, 5.74) is 6.93. The van der Waals surface area contributed by atoms with Crippen LogP contribution < -0.4 is 5.73 Å². The zero-order chi connectivity index (χ0) is 11.4. The number of nitrogens with two attached hydrogens (primary N) is 1. The molecule has 1 saturated heterocycles. The Morgan fingerprint density at radius 1 is 1.44 bits per heavy atom. The lowest BCUT2D eigenvalue weighted by atomic mass is 10.1. The monoisotopic (exact) mass is 220 g/mol. The van der Waals surface area contributed by atoms with Gasteiger partial charge in [0.25, 0.3) is 5.91 Å². The van der Waals surface area contributed by atoms with E-state index in [0.717, 1.165) is 12.0 Å². The maximum atomic E-state index is 11.8. The molecule has 1 fully saturated rings. The minimum Gasteiger partial charge on any atom is -0.320 e. The summed E-state index contributed by atoms with van der Waals surface area (Å²) >= 11 is 0. The largest absolute Gasteiger partial charge is 0.320 e. The topological polar surface area (TPSA) is 55.6 Å². The molecule has 1 heterocycles. The zero-order valence-electron chi connectivity index (χ0n) is 9.13. The molecule has 1 aliphatic heterocycles. The summed E-state index contributed by atoms with van der Waals surface area (Å²) < 4.78 is 0. The van der Waals surface area contributed by atoms with Crippen molar-refractivity contribution < 1.29 is 9.63 Å². The summed E-state index contributed by atoms with van der Waals surface area (Å²) in [5, 5.41) is 1.38. The Bertz CT molecular complexity index is 347. The van der Waals surface area contributed by atoms with Crippen LogP contribution in [0.1, 0.15) is 12.0 Å². The van der Waals surface area contributed by atoms with E-state index in [1.807, 2.05) is 30.3 Å². The normalized spacial score (nSPS) is 17.4. The van der Waals surface area contributed by atoms with Crippen molar-refractivity contribution in [2.45, 2.75) is 18.9 Å². The van der Waals surface area contributed by atoms with Crippen molar-refractivity contribution in [2.24, 2.45) is 5.73 Å². The fraction of sp³-hybridized carbons (Fsp3) is 0.417. The van der Waals surface area contributed by atoms with E-state index in [1.54, 1.807) is 0 Å².